The highest BCUT2D eigenvalue weighted by atomic mass is 16.1. The first-order valence-electron chi connectivity index (χ1n) is 3.79. The van der Waals surface area contributed by atoms with E-state index in [4.69, 9.17) is 0 Å². The molecule has 0 fully saturated rings. The number of aromatic nitrogens is 2. The molecular weight excluding hydrogens is 140 g/mol. The molecular formula is C8H12N2O. The molecule has 3 heteroatoms. The van der Waals surface area contributed by atoms with E-state index >= 15 is 0 Å². The molecule has 1 N–H and O–H groups in total. The Hall–Kier alpha value is -1.12. The fraction of sp³-hybridized carbons (Fsp3) is 0.500. The Balaban J connectivity index is 2.76. The third-order valence-electron chi connectivity index (χ3n) is 1.57. The van der Waals surface area contributed by atoms with Crippen molar-refractivity contribution in [3.8, 4) is 0 Å². The maximum Gasteiger partial charge on any atom is 0.183 e. The van der Waals surface area contributed by atoms with E-state index in [2.05, 4.69) is 9.97 Å². The average Bonchev–Trinajstić information content (AvgIpc) is 2.36. The first kappa shape index (κ1) is 7.98. The summed E-state index contributed by atoms with van der Waals surface area (Å²) >= 11 is 0. The van der Waals surface area contributed by atoms with E-state index < -0.39 is 0 Å². The van der Waals surface area contributed by atoms with Gasteiger partial charge in [0, 0.05) is 12.1 Å². The third-order valence-corrected chi connectivity index (χ3v) is 1.57. The number of carbonyl (C=O) groups is 1. The lowest BCUT2D eigenvalue weighted by Gasteiger charge is -1.93. The maximum absolute atomic E-state index is 11.2. The van der Waals surface area contributed by atoms with Crippen LogP contribution in [-0.4, -0.2) is 15.8 Å². The summed E-state index contributed by atoms with van der Waals surface area (Å²) in [6.45, 7) is 3.84. The molecule has 1 heterocycles. The molecule has 0 aliphatic rings. The first-order chi connectivity index (χ1) is 5.25. The molecule has 0 atom stereocenters. The Kier molecular flexibility index (Phi) is 2.41. The van der Waals surface area contributed by atoms with Gasteiger partial charge in [-0.1, -0.05) is 6.92 Å². The maximum atomic E-state index is 11.2. The normalized spacial score (nSPS) is 10.0. The summed E-state index contributed by atoms with van der Waals surface area (Å²) in [4.78, 5) is 18.0. The summed E-state index contributed by atoms with van der Waals surface area (Å²) in [5.74, 6) is 0.131. The van der Waals surface area contributed by atoms with Crippen LogP contribution in [0.3, 0.4) is 0 Å². The summed E-state index contributed by atoms with van der Waals surface area (Å²) in [5.41, 5.74) is 1.45. The smallest absolute Gasteiger partial charge is 0.183 e. The summed E-state index contributed by atoms with van der Waals surface area (Å²) in [7, 11) is 0. The van der Waals surface area contributed by atoms with Crippen LogP contribution in [0.5, 0.6) is 0 Å². The van der Waals surface area contributed by atoms with Gasteiger partial charge in [-0.15, -0.1) is 0 Å². The lowest BCUT2D eigenvalue weighted by atomic mass is 10.1. The molecule has 0 bridgehead atoms. The van der Waals surface area contributed by atoms with Gasteiger partial charge >= 0.3 is 0 Å². The molecule has 60 valence electrons. The van der Waals surface area contributed by atoms with E-state index in [1.54, 1.807) is 6.33 Å². The van der Waals surface area contributed by atoms with E-state index in [1.807, 2.05) is 13.8 Å². The Labute approximate surface area is 65.8 Å². The molecule has 0 radical (unpaired) electrons. The van der Waals surface area contributed by atoms with Gasteiger partial charge in [0.25, 0.3) is 0 Å². The minimum atomic E-state index is 0.131. The van der Waals surface area contributed by atoms with Gasteiger partial charge in [0.2, 0.25) is 0 Å². The molecule has 0 spiro atoms. The number of imidazole rings is 1. The van der Waals surface area contributed by atoms with Crippen LogP contribution in [0, 0.1) is 6.92 Å². The highest BCUT2D eigenvalue weighted by Gasteiger charge is 2.09. The molecule has 1 aromatic rings. The lowest BCUT2D eigenvalue weighted by Crippen LogP contribution is -2.00. The number of rotatable bonds is 3. The zero-order valence-corrected chi connectivity index (χ0v) is 6.85. The molecule has 1 aromatic heterocycles. The molecule has 0 aromatic carbocycles. The summed E-state index contributed by atoms with van der Waals surface area (Å²) in [6, 6.07) is 0. The van der Waals surface area contributed by atoms with Gasteiger partial charge in [0.15, 0.2) is 5.78 Å². The van der Waals surface area contributed by atoms with Crippen LogP contribution >= 0.6 is 0 Å². The van der Waals surface area contributed by atoms with Crippen molar-refractivity contribution >= 4 is 5.78 Å². The van der Waals surface area contributed by atoms with E-state index in [1.165, 1.54) is 0 Å². The van der Waals surface area contributed by atoms with Gasteiger partial charge in [0.1, 0.15) is 5.69 Å². The third kappa shape index (κ3) is 1.67. The zero-order valence-electron chi connectivity index (χ0n) is 6.85. The van der Waals surface area contributed by atoms with Gasteiger partial charge in [-0.3, -0.25) is 4.79 Å². The molecule has 11 heavy (non-hydrogen) atoms. The zero-order chi connectivity index (χ0) is 8.27. The van der Waals surface area contributed by atoms with Gasteiger partial charge in [-0.25, -0.2) is 4.98 Å². The Morgan fingerprint density at radius 2 is 2.45 bits per heavy atom. The standard InChI is InChI=1S/C8H12N2O/c1-3-4-7(11)8-6(2)9-5-10-8/h5H,3-4H2,1-2H3,(H,9,10). The molecule has 0 aliphatic carbocycles. The van der Waals surface area contributed by atoms with Gasteiger partial charge in [-0.05, 0) is 13.3 Å². The van der Waals surface area contributed by atoms with Gasteiger partial charge in [0.05, 0.1) is 6.33 Å². The number of hydrogen-bond acceptors (Lipinski definition) is 2. The van der Waals surface area contributed by atoms with E-state index in [0.29, 0.717) is 12.1 Å². The van der Waals surface area contributed by atoms with E-state index in [0.717, 1.165) is 12.1 Å². The Morgan fingerprint density at radius 3 is 2.91 bits per heavy atom. The molecule has 0 amide bonds. The van der Waals surface area contributed by atoms with E-state index in [-0.39, 0.29) is 5.78 Å². The van der Waals surface area contributed by atoms with Crippen molar-refractivity contribution in [1.29, 1.82) is 0 Å². The second-order valence-electron chi connectivity index (χ2n) is 2.55. The molecule has 0 saturated carbocycles. The number of Topliss-reactive ketones (excluding diaryl/α,β-unsaturated/α-hetero) is 1. The Bertz CT molecular complexity index is 252. The number of H-pyrrole nitrogens is 1. The van der Waals surface area contributed by atoms with Crippen LogP contribution in [0.4, 0.5) is 0 Å². The monoisotopic (exact) mass is 152 g/mol. The quantitative estimate of drug-likeness (QED) is 0.670. The van der Waals surface area contributed by atoms with Crippen LogP contribution in [0.25, 0.3) is 0 Å². The minimum absolute atomic E-state index is 0.131. The molecule has 3 nitrogen and oxygen atoms in total. The molecule has 0 saturated heterocycles. The van der Waals surface area contributed by atoms with Crippen molar-refractivity contribution in [3.63, 3.8) is 0 Å². The molecule has 0 unspecified atom stereocenters. The van der Waals surface area contributed by atoms with Crippen LogP contribution in [0.2, 0.25) is 0 Å². The highest BCUT2D eigenvalue weighted by Crippen LogP contribution is 2.05. The number of aryl methyl sites for hydroxylation is 1. The summed E-state index contributed by atoms with van der Waals surface area (Å²) in [6.07, 6.45) is 3.02. The fourth-order valence-corrected chi connectivity index (χ4v) is 0.985. The largest absolute Gasteiger partial charge is 0.348 e. The first-order valence-corrected chi connectivity index (χ1v) is 3.79. The molecule has 1 rings (SSSR count). The van der Waals surface area contributed by atoms with Gasteiger partial charge in [-0.2, -0.15) is 0 Å². The van der Waals surface area contributed by atoms with Crippen molar-refractivity contribution in [2.45, 2.75) is 26.7 Å². The number of hydrogen-bond donors (Lipinski definition) is 1. The second-order valence-corrected chi connectivity index (χ2v) is 2.55. The van der Waals surface area contributed by atoms with Crippen molar-refractivity contribution in [2.24, 2.45) is 0 Å². The van der Waals surface area contributed by atoms with Crippen LogP contribution in [0.15, 0.2) is 6.33 Å². The number of nitrogens with zero attached hydrogens (tertiary/aromatic N) is 1. The van der Waals surface area contributed by atoms with Crippen LogP contribution in [-0.2, 0) is 0 Å². The number of nitrogens with one attached hydrogen (secondary N) is 1. The molecule has 0 aliphatic heterocycles. The van der Waals surface area contributed by atoms with Crippen LogP contribution < -0.4 is 0 Å². The van der Waals surface area contributed by atoms with Gasteiger partial charge < -0.3 is 4.98 Å². The van der Waals surface area contributed by atoms with Crippen LogP contribution in [0.1, 0.15) is 35.9 Å². The van der Waals surface area contributed by atoms with Crippen molar-refractivity contribution < 1.29 is 4.79 Å². The highest BCUT2D eigenvalue weighted by molar-refractivity contribution is 5.95. The number of aromatic amines is 1. The average molecular weight is 152 g/mol. The van der Waals surface area contributed by atoms with E-state index in [9.17, 15) is 4.79 Å². The van der Waals surface area contributed by atoms with Crippen molar-refractivity contribution in [1.82, 2.24) is 9.97 Å². The van der Waals surface area contributed by atoms with Crippen molar-refractivity contribution in [3.05, 3.63) is 17.7 Å². The topological polar surface area (TPSA) is 45.8 Å². The van der Waals surface area contributed by atoms with Crippen molar-refractivity contribution in [2.75, 3.05) is 0 Å². The number of carbonyl (C=O) groups excluding carboxylic acids is 1. The lowest BCUT2D eigenvalue weighted by molar-refractivity contribution is 0.0977. The second kappa shape index (κ2) is 3.32. The number of ketones is 1. The Morgan fingerprint density at radius 1 is 1.73 bits per heavy atom. The minimum Gasteiger partial charge on any atom is -0.348 e. The summed E-state index contributed by atoms with van der Waals surface area (Å²) < 4.78 is 0. The predicted molar refractivity (Wildman–Crippen MR) is 42.6 cm³/mol. The predicted octanol–water partition coefficient (Wildman–Crippen LogP) is 1.70. The fourth-order valence-electron chi connectivity index (χ4n) is 0.985. The SMILES string of the molecule is CCCC(=O)c1nc[nH]c1C. The summed E-state index contributed by atoms with van der Waals surface area (Å²) in [5, 5.41) is 0.